The Balaban J connectivity index is 1.91. The van der Waals surface area contributed by atoms with E-state index >= 15 is 0 Å². The lowest BCUT2D eigenvalue weighted by Crippen LogP contribution is -2.60. The van der Waals surface area contributed by atoms with Crippen LogP contribution in [0.15, 0.2) is 33.5 Å². The van der Waals surface area contributed by atoms with Crippen LogP contribution in [0.1, 0.15) is 12.5 Å². The van der Waals surface area contributed by atoms with Crippen LogP contribution in [0.2, 0.25) is 0 Å². The van der Waals surface area contributed by atoms with Gasteiger partial charge in [0.15, 0.2) is 0 Å². The number of fused-ring (bicyclic) bond motifs is 1. The summed E-state index contributed by atoms with van der Waals surface area (Å²) in [6.07, 6.45) is -7.21. The fourth-order valence-electron chi connectivity index (χ4n) is 2.93. The van der Waals surface area contributed by atoms with E-state index in [-0.39, 0.29) is 12.4 Å². The van der Waals surface area contributed by atoms with Crippen LogP contribution in [0.4, 0.5) is 0 Å². The van der Waals surface area contributed by atoms with Crippen LogP contribution in [-0.4, -0.2) is 58.6 Å². The molecule has 0 aliphatic carbocycles. The van der Waals surface area contributed by atoms with Gasteiger partial charge >= 0.3 is 11.6 Å². The molecule has 3 rings (SSSR count). The molecule has 2 aromatic rings. The average molecular weight is 380 g/mol. The number of esters is 1. The van der Waals surface area contributed by atoms with Gasteiger partial charge in [0, 0.05) is 6.92 Å². The molecule has 0 unspecified atom stereocenters. The van der Waals surface area contributed by atoms with Crippen molar-refractivity contribution in [2.24, 2.45) is 0 Å². The van der Waals surface area contributed by atoms with Gasteiger partial charge in [-0.2, -0.15) is 0 Å². The van der Waals surface area contributed by atoms with Crippen LogP contribution in [0.5, 0.6) is 5.75 Å². The maximum absolute atomic E-state index is 11.8. The monoisotopic (exact) mass is 380 g/mol. The van der Waals surface area contributed by atoms with Crippen LogP contribution in [-0.2, 0) is 14.3 Å². The Kier molecular flexibility index (Phi) is 5.47. The molecule has 2 heterocycles. The number of hydrogen-bond donors (Lipinski definition) is 3. The topological polar surface area (TPSA) is 136 Å². The van der Waals surface area contributed by atoms with Crippen LogP contribution >= 0.6 is 0 Å². The van der Waals surface area contributed by atoms with Crippen molar-refractivity contribution in [2.75, 3.05) is 6.61 Å². The molecule has 0 saturated carbocycles. The van der Waals surface area contributed by atoms with Crippen LogP contribution in [0.3, 0.4) is 0 Å². The molecule has 3 N–H and O–H groups in total. The Hall–Kier alpha value is -2.46. The molecule has 1 aliphatic rings. The second-order valence-electron chi connectivity index (χ2n) is 6.31. The van der Waals surface area contributed by atoms with Crippen LogP contribution in [0.25, 0.3) is 11.0 Å². The number of ether oxygens (including phenoxy) is 3. The third-order valence-electron chi connectivity index (χ3n) is 4.30. The molecule has 1 aliphatic heterocycles. The van der Waals surface area contributed by atoms with Crippen LogP contribution < -0.4 is 10.4 Å². The molecule has 0 spiro atoms. The zero-order valence-corrected chi connectivity index (χ0v) is 14.7. The van der Waals surface area contributed by atoms with Crippen molar-refractivity contribution in [1.82, 2.24) is 0 Å². The zero-order chi connectivity index (χ0) is 19.7. The van der Waals surface area contributed by atoms with Gasteiger partial charge in [0.05, 0.1) is 11.5 Å². The first-order valence-electron chi connectivity index (χ1n) is 8.31. The van der Waals surface area contributed by atoms with E-state index in [1.807, 2.05) is 0 Å². The van der Waals surface area contributed by atoms with E-state index in [1.54, 1.807) is 25.1 Å². The Bertz CT molecular complexity index is 890. The highest BCUT2D eigenvalue weighted by molar-refractivity contribution is 5.86. The van der Waals surface area contributed by atoms with Crippen molar-refractivity contribution in [1.29, 1.82) is 0 Å². The summed E-state index contributed by atoms with van der Waals surface area (Å²) in [4.78, 5) is 22.8. The van der Waals surface area contributed by atoms with Crippen LogP contribution in [0, 0.1) is 6.92 Å². The summed E-state index contributed by atoms with van der Waals surface area (Å²) < 4.78 is 21.1. The molecule has 146 valence electrons. The molecule has 1 fully saturated rings. The Morgan fingerprint density at radius 3 is 2.63 bits per heavy atom. The first-order valence-corrected chi connectivity index (χ1v) is 8.31. The van der Waals surface area contributed by atoms with E-state index in [4.69, 9.17) is 18.6 Å². The maximum atomic E-state index is 11.8. The number of hydrogen-bond acceptors (Lipinski definition) is 9. The minimum atomic E-state index is -1.60. The summed E-state index contributed by atoms with van der Waals surface area (Å²) in [5.74, 6) is -0.496. The number of rotatable bonds is 4. The summed E-state index contributed by atoms with van der Waals surface area (Å²) >= 11 is 0. The van der Waals surface area contributed by atoms with Crippen molar-refractivity contribution in [3.63, 3.8) is 0 Å². The van der Waals surface area contributed by atoms with Gasteiger partial charge in [0.25, 0.3) is 0 Å². The lowest BCUT2D eigenvalue weighted by atomic mass is 9.99. The normalized spacial score (nSPS) is 28.1. The number of benzene rings is 1. The molecule has 27 heavy (non-hydrogen) atoms. The molecular formula is C18H20O9. The van der Waals surface area contributed by atoms with Gasteiger partial charge in [0.1, 0.15) is 42.4 Å². The molecule has 1 aromatic heterocycles. The summed E-state index contributed by atoms with van der Waals surface area (Å²) in [5.41, 5.74) is 0.388. The molecule has 9 nitrogen and oxygen atoms in total. The van der Waals surface area contributed by atoms with Crippen molar-refractivity contribution in [3.05, 3.63) is 40.2 Å². The first-order chi connectivity index (χ1) is 12.8. The highest BCUT2D eigenvalue weighted by Gasteiger charge is 2.45. The maximum Gasteiger partial charge on any atom is 0.339 e. The second-order valence-corrected chi connectivity index (χ2v) is 6.31. The molecule has 5 atom stereocenters. The molecule has 0 bridgehead atoms. The molecule has 9 heteroatoms. The molecular weight excluding hydrogens is 360 g/mol. The highest BCUT2D eigenvalue weighted by atomic mass is 16.7. The van der Waals surface area contributed by atoms with E-state index < -0.39 is 42.3 Å². The van der Waals surface area contributed by atoms with E-state index in [0.29, 0.717) is 11.0 Å². The third kappa shape index (κ3) is 3.96. The van der Waals surface area contributed by atoms with Gasteiger partial charge in [-0.15, -0.1) is 0 Å². The van der Waals surface area contributed by atoms with Gasteiger partial charge < -0.3 is 33.9 Å². The van der Waals surface area contributed by atoms with Crippen molar-refractivity contribution >= 4 is 16.9 Å². The quantitative estimate of drug-likeness (QED) is 0.489. The number of carbonyl (C=O) groups excluding carboxylic acids is 1. The van der Waals surface area contributed by atoms with E-state index in [2.05, 4.69) is 0 Å². The van der Waals surface area contributed by atoms with Crippen molar-refractivity contribution in [2.45, 2.75) is 44.6 Å². The smallest absolute Gasteiger partial charge is 0.339 e. The van der Waals surface area contributed by atoms with E-state index in [0.717, 1.165) is 11.6 Å². The Morgan fingerprint density at radius 1 is 1.19 bits per heavy atom. The highest BCUT2D eigenvalue weighted by Crippen LogP contribution is 2.30. The summed E-state index contributed by atoms with van der Waals surface area (Å²) in [7, 11) is 0. The second kappa shape index (κ2) is 7.65. The predicted molar refractivity (Wildman–Crippen MR) is 91.2 cm³/mol. The Labute approximate surface area is 153 Å². The summed E-state index contributed by atoms with van der Waals surface area (Å²) in [5, 5.41) is 30.8. The number of carbonyl (C=O) groups is 1. The summed E-state index contributed by atoms with van der Waals surface area (Å²) in [6, 6.07) is 6.20. The van der Waals surface area contributed by atoms with Gasteiger partial charge in [-0.1, -0.05) is 12.1 Å². The molecule has 0 radical (unpaired) electrons. The lowest BCUT2D eigenvalue weighted by molar-refractivity contribution is -0.278. The summed E-state index contributed by atoms with van der Waals surface area (Å²) in [6.45, 7) is 2.64. The predicted octanol–water partition coefficient (Wildman–Crippen LogP) is -0.149. The minimum absolute atomic E-state index is 0.0956. The van der Waals surface area contributed by atoms with Crippen molar-refractivity contribution < 1.29 is 38.7 Å². The van der Waals surface area contributed by atoms with Gasteiger partial charge in [0.2, 0.25) is 6.29 Å². The first kappa shape index (κ1) is 19.3. The van der Waals surface area contributed by atoms with Gasteiger partial charge in [-0.3, -0.25) is 4.79 Å². The molecule has 1 aromatic carbocycles. The third-order valence-corrected chi connectivity index (χ3v) is 4.30. The largest absolute Gasteiger partial charge is 0.463 e. The van der Waals surface area contributed by atoms with E-state index in [9.17, 15) is 24.9 Å². The molecule has 1 saturated heterocycles. The minimum Gasteiger partial charge on any atom is -0.463 e. The fourth-order valence-corrected chi connectivity index (χ4v) is 2.93. The van der Waals surface area contributed by atoms with Gasteiger partial charge in [-0.25, -0.2) is 4.79 Å². The standard InChI is InChI=1S/C18H20O9/c1-8-4-3-5-10-14(8)11(6-13(20)25-10)26-18-17(23)16(22)15(21)12(27-18)7-24-9(2)19/h3-6,12,15-18,21-23H,7H2,1-2H3/t12-,15-,16+,17-,18-/m1/s1. The molecule has 0 amide bonds. The number of aliphatic hydroxyl groups is 3. The average Bonchev–Trinajstić information content (AvgIpc) is 2.60. The zero-order valence-electron chi connectivity index (χ0n) is 14.7. The SMILES string of the molecule is CC(=O)OC[C@H]1O[C@@H](Oc2cc(=O)oc3cccc(C)c23)[C@H](O)[C@@H](O)[C@@H]1O. The van der Waals surface area contributed by atoms with Gasteiger partial charge in [-0.05, 0) is 18.6 Å². The van der Waals surface area contributed by atoms with E-state index in [1.165, 1.54) is 6.92 Å². The van der Waals surface area contributed by atoms with Crippen molar-refractivity contribution in [3.8, 4) is 5.75 Å². The number of aryl methyl sites for hydroxylation is 1. The number of aliphatic hydroxyl groups excluding tert-OH is 3. The fraction of sp³-hybridized carbons (Fsp3) is 0.444. The Morgan fingerprint density at radius 2 is 1.93 bits per heavy atom. The lowest BCUT2D eigenvalue weighted by Gasteiger charge is -2.39.